The Morgan fingerprint density at radius 2 is 1.69 bits per heavy atom. The molecule has 0 aliphatic rings. The van der Waals surface area contributed by atoms with Crippen LogP contribution in [0.2, 0.25) is 0 Å². The third-order valence-corrected chi connectivity index (χ3v) is 5.49. The van der Waals surface area contributed by atoms with Crippen LogP contribution in [0.15, 0.2) is 78.6 Å². The summed E-state index contributed by atoms with van der Waals surface area (Å²) in [4.78, 5) is 24.1. The molecular formula is C25H26F3N5O3. The number of carbonyl (C=O) groups is 2. The maximum absolute atomic E-state index is 12.7. The van der Waals surface area contributed by atoms with Crippen LogP contribution in [0.1, 0.15) is 27.9 Å². The lowest BCUT2D eigenvalue weighted by Gasteiger charge is -2.26. The second-order valence-electron chi connectivity index (χ2n) is 8.19. The summed E-state index contributed by atoms with van der Waals surface area (Å²) in [5, 5.41) is 14.8. The van der Waals surface area contributed by atoms with Crippen LogP contribution in [0, 0.1) is 0 Å². The summed E-state index contributed by atoms with van der Waals surface area (Å²) >= 11 is 0. The molecule has 0 aromatic heterocycles. The monoisotopic (exact) mass is 501 g/mol. The van der Waals surface area contributed by atoms with Crippen LogP contribution < -0.4 is 22.4 Å². The predicted octanol–water partition coefficient (Wildman–Crippen LogP) is 3.07. The molecule has 1 atom stereocenters. The number of hydrazine groups is 1. The number of halogens is 3. The van der Waals surface area contributed by atoms with Crippen molar-refractivity contribution in [1.82, 2.24) is 15.8 Å². The van der Waals surface area contributed by atoms with Crippen molar-refractivity contribution in [2.45, 2.75) is 25.1 Å². The zero-order valence-electron chi connectivity index (χ0n) is 19.1. The molecule has 1 unspecified atom stereocenters. The van der Waals surface area contributed by atoms with Gasteiger partial charge in [-0.15, -0.1) is 0 Å². The number of hydrogen-bond donors (Lipinski definition) is 5. The molecule has 0 spiro atoms. The number of nitrogens with one attached hydrogen (secondary N) is 2. The summed E-state index contributed by atoms with van der Waals surface area (Å²) in [5.41, 5.74) is 7.79. The Hall–Kier alpha value is -4.09. The molecule has 0 bridgehead atoms. The molecule has 0 heterocycles. The van der Waals surface area contributed by atoms with Crippen molar-refractivity contribution < 1.29 is 28.0 Å². The zero-order chi connectivity index (χ0) is 26.3. The van der Waals surface area contributed by atoms with E-state index in [1.54, 1.807) is 5.48 Å². The lowest BCUT2D eigenvalue weighted by Crippen LogP contribution is -2.42. The molecule has 0 saturated carbocycles. The van der Waals surface area contributed by atoms with E-state index < -0.39 is 29.6 Å². The second-order valence-corrected chi connectivity index (χ2v) is 8.19. The van der Waals surface area contributed by atoms with Crippen LogP contribution in [-0.2, 0) is 17.4 Å². The van der Waals surface area contributed by atoms with Crippen molar-refractivity contribution >= 4 is 22.6 Å². The predicted molar refractivity (Wildman–Crippen MR) is 128 cm³/mol. The lowest BCUT2D eigenvalue weighted by atomic mass is 9.99. The highest BCUT2D eigenvalue weighted by Gasteiger charge is 2.30. The van der Waals surface area contributed by atoms with Gasteiger partial charge in [0.15, 0.2) is 0 Å². The highest BCUT2D eigenvalue weighted by atomic mass is 19.4. The largest absolute Gasteiger partial charge is 0.416 e. The van der Waals surface area contributed by atoms with E-state index in [1.165, 1.54) is 11.2 Å². The Labute approximate surface area is 205 Å². The van der Waals surface area contributed by atoms with Gasteiger partial charge >= 0.3 is 6.18 Å². The molecule has 2 amide bonds. The lowest BCUT2D eigenvalue weighted by molar-refractivity contribution is -0.137. The summed E-state index contributed by atoms with van der Waals surface area (Å²) < 4.78 is 38.1. The fourth-order valence-corrected chi connectivity index (χ4v) is 3.62. The molecule has 7 N–H and O–H groups in total. The molecule has 8 nitrogen and oxygen atoms in total. The topological polar surface area (TPSA) is 134 Å². The van der Waals surface area contributed by atoms with Crippen LogP contribution in [-0.4, -0.2) is 34.6 Å². The van der Waals surface area contributed by atoms with Gasteiger partial charge < -0.3 is 16.1 Å². The molecule has 36 heavy (non-hydrogen) atoms. The van der Waals surface area contributed by atoms with Crippen molar-refractivity contribution in [3.8, 4) is 0 Å². The van der Waals surface area contributed by atoms with Crippen LogP contribution >= 0.6 is 0 Å². The Bertz CT molecular complexity index is 1250. The van der Waals surface area contributed by atoms with E-state index in [1.807, 2.05) is 42.5 Å². The second kappa shape index (κ2) is 11.6. The molecule has 0 aliphatic heterocycles. The first kappa shape index (κ1) is 26.5. The van der Waals surface area contributed by atoms with Gasteiger partial charge in [-0.3, -0.25) is 14.8 Å². The van der Waals surface area contributed by atoms with Crippen molar-refractivity contribution in [2.24, 2.45) is 11.6 Å². The third kappa shape index (κ3) is 7.20. The molecule has 0 fully saturated rings. The van der Waals surface area contributed by atoms with Gasteiger partial charge in [-0.2, -0.15) is 13.2 Å². The summed E-state index contributed by atoms with van der Waals surface area (Å²) in [7, 11) is 0. The number of nitrogens with two attached hydrogens (primary N) is 2. The van der Waals surface area contributed by atoms with Crippen LogP contribution in [0.4, 0.5) is 13.2 Å². The van der Waals surface area contributed by atoms with Crippen LogP contribution in [0.25, 0.3) is 10.8 Å². The van der Waals surface area contributed by atoms with Crippen molar-refractivity contribution in [3.63, 3.8) is 0 Å². The molecule has 0 aliphatic carbocycles. The van der Waals surface area contributed by atoms with E-state index >= 15 is 0 Å². The average molecular weight is 502 g/mol. The Morgan fingerprint density at radius 1 is 1.03 bits per heavy atom. The van der Waals surface area contributed by atoms with Crippen LogP contribution in [0.5, 0.6) is 0 Å². The quantitative estimate of drug-likeness (QED) is 0.174. The van der Waals surface area contributed by atoms with Gasteiger partial charge in [0.05, 0.1) is 24.6 Å². The smallest absolute Gasteiger partial charge is 0.399 e. The normalized spacial score (nSPS) is 12.8. The third-order valence-electron chi connectivity index (χ3n) is 5.49. The Kier molecular flexibility index (Phi) is 8.51. The average Bonchev–Trinajstić information content (AvgIpc) is 2.86. The highest BCUT2D eigenvalue weighted by molar-refractivity contribution is 5.94. The van der Waals surface area contributed by atoms with Gasteiger partial charge in [0.25, 0.3) is 5.91 Å². The molecule has 3 aromatic rings. The molecule has 0 saturated heterocycles. The summed E-state index contributed by atoms with van der Waals surface area (Å²) in [6.07, 6.45) is -2.93. The van der Waals surface area contributed by atoms with E-state index in [4.69, 9.17) is 16.8 Å². The molecule has 11 heteroatoms. The van der Waals surface area contributed by atoms with E-state index in [0.717, 1.165) is 40.6 Å². The minimum Gasteiger partial charge on any atom is -0.399 e. The summed E-state index contributed by atoms with van der Waals surface area (Å²) in [6, 6.07) is 16.8. The molecule has 190 valence electrons. The standard InChI is InChI=1S/C25H26F3N5O3/c26-25(27,28)20-9-7-18(8-10-20)24(35)31-14-21(29)15-33(30)22(13-23(34)32-36)12-16-5-6-17-3-1-2-4-19(17)11-16/h1-11,15,22,36H,12-14,29-30H2,(H,31,35)(H,32,34)/b21-15-. The molecular weight excluding hydrogens is 475 g/mol. The van der Waals surface area contributed by atoms with E-state index in [9.17, 15) is 22.8 Å². The first-order valence-electron chi connectivity index (χ1n) is 10.9. The summed E-state index contributed by atoms with van der Waals surface area (Å²) in [6.45, 7) is -0.136. The zero-order valence-corrected chi connectivity index (χ0v) is 19.1. The van der Waals surface area contributed by atoms with Crippen molar-refractivity contribution in [3.05, 3.63) is 95.3 Å². The van der Waals surface area contributed by atoms with Gasteiger partial charge in [0.2, 0.25) is 5.91 Å². The number of alkyl halides is 3. The number of amides is 2. The van der Waals surface area contributed by atoms with Crippen molar-refractivity contribution in [2.75, 3.05) is 6.54 Å². The maximum atomic E-state index is 12.7. The number of hydroxylamine groups is 1. The first-order chi connectivity index (χ1) is 17.1. The first-order valence-corrected chi connectivity index (χ1v) is 10.9. The Morgan fingerprint density at radius 3 is 2.33 bits per heavy atom. The molecule has 3 rings (SSSR count). The number of fused-ring (bicyclic) bond motifs is 1. The van der Waals surface area contributed by atoms with E-state index in [2.05, 4.69) is 5.32 Å². The van der Waals surface area contributed by atoms with Gasteiger partial charge in [0, 0.05) is 17.5 Å². The van der Waals surface area contributed by atoms with Gasteiger partial charge in [0.1, 0.15) is 0 Å². The van der Waals surface area contributed by atoms with Gasteiger partial charge in [-0.25, -0.2) is 11.3 Å². The minimum atomic E-state index is -4.50. The number of hydrogen-bond acceptors (Lipinski definition) is 6. The molecule has 3 aromatic carbocycles. The maximum Gasteiger partial charge on any atom is 0.416 e. The number of nitrogens with zero attached hydrogens (tertiary/aromatic N) is 1. The van der Waals surface area contributed by atoms with Crippen LogP contribution in [0.3, 0.4) is 0 Å². The van der Waals surface area contributed by atoms with Gasteiger partial charge in [-0.1, -0.05) is 42.5 Å². The van der Waals surface area contributed by atoms with Crippen molar-refractivity contribution in [1.29, 1.82) is 0 Å². The number of benzene rings is 3. The Balaban J connectivity index is 1.66. The van der Waals surface area contributed by atoms with E-state index in [0.29, 0.717) is 6.42 Å². The van der Waals surface area contributed by atoms with E-state index in [-0.39, 0.29) is 24.2 Å². The fourth-order valence-electron chi connectivity index (χ4n) is 3.62. The number of rotatable bonds is 9. The summed E-state index contributed by atoms with van der Waals surface area (Å²) in [5.74, 6) is 4.90. The SMILES string of the molecule is N/C(=C\N(N)C(CC(=O)NO)Cc1ccc2ccccc2c1)CNC(=O)c1ccc(C(F)(F)F)cc1. The number of carbonyl (C=O) groups excluding carboxylic acids is 2. The highest BCUT2D eigenvalue weighted by Crippen LogP contribution is 2.29. The minimum absolute atomic E-state index is 0.0363. The fraction of sp³-hybridized carbons (Fsp3) is 0.200. The van der Waals surface area contributed by atoms with Gasteiger partial charge in [-0.05, 0) is 47.0 Å². The molecule has 0 radical (unpaired) electrons.